The van der Waals surface area contributed by atoms with Gasteiger partial charge in [0.15, 0.2) is 5.11 Å². The van der Waals surface area contributed by atoms with Crippen LogP contribution in [0.25, 0.3) is 10.8 Å². The van der Waals surface area contributed by atoms with Crippen LogP contribution in [0.5, 0.6) is 5.75 Å². The molecule has 142 valence electrons. The summed E-state index contributed by atoms with van der Waals surface area (Å²) in [4.78, 5) is 23.7. The van der Waals surface area contributed by atoms with Gasteiger partial charge in [-0.2, -0.15) is 0 Å². The van der Waals surface area contributed by atoms with Crippen molar-refractivity contribution in [2.75, 3.05) is 12.4 Å². The van der Waals surface area contributed by atoms with Crippen molar-refractivity contribution in [1.82, 2.24) is 5.32 Å². The summed E-state index contributed by atoms with van der Waals surface area (Å²) in [7, 11) is 1.50. The average molecular weight is 394 g/mol. The van der Waals surface area contributed by atoms with Crippen LogP contribution in [-0.2, 0) is 0 Å². The number of carbonyl (C=O) groups is 2. The number of aryl methyl sites for hydroxylation is 1. The monoisotopic (exact) mass is 394 g/mol. The van der Waals surface area contributed by atoms with E-state index in [9.17, 15) is 9.59 Å². The maximum absolute atomic E-state index is 12.7. The van der Waals surface area contributed by atoms with Gasteiger partial charge in [0.2, 0.25) is 0 Å². The van der Waals surface area contributed by atoms with Gasteiger partial charge in [-0.15, -0.1) is 0 Å². The van der Waals surface area contributed by atoms with Crippen molar-refractivity contribution in [3.8, 4) is 5.75 Å². The summed E-state index contributed by atoms with van der Waals surface area (Å²) in [6.45, 7) is 1.76. The Bertz CT molecular complexity index is 1090. The standard InChI is InChI=1S/C21H18N2O4S/c1-12-9-15(20(25)26)7-8-17(12)22-21(28)23-19(24)16-10-13-5-3-4-6-14(13)11-18(16)27-2/h3-11H,1-2H3,(H,25,26)(H2,22,23,24,28). The summed E-state index contributed by atoms with van der Waals surface area (Å²) in [6.07, 6.45) is 0. The third-order valence-electron chi connectivity index (χ3n) is 4.26. The zero-order valence-electron chi connectivity index (χ0n) is 15.3. The fourth-order valence-electron chi connectivity index (χ4n) is 2.83. The highest BCUT2D eigenvalue weighted by molar-refractivity contribution is 7.80. The van der Waals surface area contributed by atoms with E-state index in [-0.39, 0.29) is 10.7 Å². The number of carbonyl (C=O) groups excluding carboxylic acids is 1. The third-order valence-corrected chi connectivity index (χ3v) is 4.47. The van der Waals surface area contributed by atoms with Crippen LogP contribution in [-0.4, -0.2) is 29.2 Å². The number of fused-ring (bicyclic) bond motifs is 1. The molecule has 7 heteroatoms. The minimum atomic E-state index is -1.01. The summed E-state index contributed by atoms with van der Waals surface area (Å²) in [6, 6.07) is 15.8. The van der Waals surface area contributed by atoms with Crippen LogP contribution in [0.15, 0.2) is 54.6 Å². The number of methoxy groups -OCH3 is 1. The van der Waals surface area contributed by atoms with Gasteiger partial charge in [0.25, 0.3) is 5.91 Å². The van der Waals surface area contributed by atoms with E-state index in [0.29, 0.717) is 22.6 Å². The molecule has 0 aliphatic carbocycles. The first kappa shape index (κ1) is 19.3. The third kappa shape index (κ3) is 4.10. The van der Waals surface area contributed by atoms with Crippen LogP contribution < -0.4 is 15.4 Å². The van der Waals surface area contributed by atoms with Crippen molar-refractivity contribution in [3.05, 3.63) is 71.3 Å². The number of nitrogens with one attached hydrogen (secondary N) is 2. The molecule has 0 unspecified atom stereocenters. The number of hydrogen-bond donors (Lipinski definition) is 3. The maximum atomic E-state index is 12.7. The van der Waals surface area contributed by atoms with Crippen molar-refractivity contribution in [1.29, 1.82) is 0 Å². The van der Waals surface area contributed by atoms with Gasteiger partial charge in [-0.1, -0.05) is 24.3 Å². The lowest BCUT2D eigenvalue weighted by Crippen LogP contribution is -2.34. The van der Waals surface area contributed by atoms with E-state index in [0.717, 1.165) is 10.8 Å². The Kier molecular flexibility index (Phi) is 5.56. The molecule has 0 atom stereocenters. The highest BCUT2D eigenvalue weighted by atomic mass is 32.1. The van der Waals surface area contributed by atoms with Crippen molar-refractivity contribution < 1.29 is 19.4 Å². The highest BCUT2D eigenvalue weighted by Gasteiger charge is 2.15. The quantitative estimate of drug-likeness (QED) is 0.580. The van der Waals surface area contributed by atoms with E-state index in [1.54, 1.807) is 25.1 Å². The highest BCUT2D eigenvalue weighted by Crippen LogP contribution is 2.26. The molecular weight excluding hydrogens is 376 g/mol. The molecule has 0 radical (unpaired) electrons. The van der Waals surface area contributed by atoms with Gasteiger partial charge in [0.1, 0.15) is 5.75 Å². The fourth-order valence-corrected chi connectivity index (χ4v) is 3.03. The van der Waals surface area contributed by atoms with Gasteiger partial charge in [-0.05, 0) is 65.8 Å². The Morgan fingerprint density at radius 3 is 2.32 bits per heavy atom. The largest absolute Gasteiger partial charge is 0.496 e. The molecule has 1 amide bonds. The van der Waals surface area contributed by atoms with Crippen LogP contribution in [0.3, 0.4) is 0 Å². The smallest absolute Gasteiger partial charge is 0.335 e. The minimum Gasteiger partial charge on any atom is -0.496 e. The van der Waals surface area contributed by atoms with Crippen LogP contribution >= 0.6 is 12.2 Å². The predicted molar refractivity (Wildman–Crippen MR) is 112 cm³/mol. The number of ether oxygens (including phenoxy) is 1. The second kappa shape index (κ2) is 8.06. The number of hydrogen-bond acceptors (Lipinski definition) is 4. The molecule has 0 aliphatic rings. The molecule has 0 spiro atoms. The lowest BCUT2D eigenvalue weighted by Gasteiger charge is -2.14. The number of carboxylic acids is 1. The molecule has 3 rings (SSSR count). The van der Waals surface area contributed by atoms with E-state index in [4.69, 9.17) is 22.1 Å². The SMILES string of the molecule is COc1cc2ccccc2cc1C(=O)NC(=S)Nc1ccc(C(=O)O)cc1C. The number of amides is 1. The van der Waals surface area contributed by atoms with Crippen molar-refractivity contribution in [3.63, 3.8) is 0 Å². The van der Waals surface area contributed by atoms with E-state index >= 15 is 0 Å². The number of aromatic carboxylic acids is 1. The van der Waals surface area contributed by atoms with Crippen LogP contribution in [0.1, 0.15) is 26.3 Å². The van der Waals surface area contributed by atoms with Gasteiger partial charge in [-0.25, -0.2) is 4.79 Å². The first-order valence-corrected chi connectivity index (χ1v) is 8.83. The lowest BCUT2D eigenvalue weighted by molar-refractivity contribution is 0.0696. The summed E-state index contributed by atoms with van der Waals surface area (Å²) in [5.41, 5.74) is 1.85. The van der Waals surface area contributed by atoms with E-state index in [2.05, 4.69) is 10.6 Å². The topological polar surface area (TPSA) is 87.7 Å². The second-order valence-electron chi connectivity index (χ2n) is 6.14. The molecule has 0 bridgehead atoms. The summed E-state index contributed by atoms with van der Waals surface area (Å²) >= 11 is 5.23. The van der Waals surface area contributed by atoms with Crippen molar-refractivity contribution in [2.45, 2.75) is 6.92 Å². The maximum Gasteiger partial charge on any atom is 0.335 e. The van der Waals surface area contributed by atoms with Crippen molar-refractivity contribution >= 4 is 45.7 Å². The Hall–Kier alpha value is -3.45. The minimum absolute atomic E-state index is 0.103. The van der Waals surface area contributed by atoms with Gasteiger partial charge in [-0.3, -0.25) is 10.1 Å². The van der Waals surface area contributed by atoms with Crippen LogP contribution in [0.4, 0.5) is 5.69 Å². The zero-order valence-corrected chi connectivity index (χ0v) is 16.1. The Labute approximate surface area is 167 Å². The van der Waals surface area contributed by atoms with Crippen LogP contribution in [0, 0.1) is 6.92 Å². The van der Waals surface area contributed by atoms with Gasteiger partial charge in [0, 0.05) is 5.69 Å². The number of benzene rings is 3. The van der Waals surface area contributed by atoms with E-state index < -0.39 is 11.9 Å². The van der Waals surface area contributed by atoms with Gasteiger partial charge < -0.3 is 15.2 Å². The molecule has 6 nitrogen and oxygen atoms in total. The number of rotatable bonds is 4. The summed E-state index contributed by atoms with van der Waals surface area (Å²) < 4.78 is 5.35. The molecule has 0 saturated carbocycles. The average Bonchev–Trinajstić information content (AvgIpc) is 2.68. The Morgan fingerprint density at radius 2 is 1.71 bits per heavy atom. The Morgan fingerprint density at radius 1 is 1.04 bits per heavy atom. The van der Waals surface area contributed by atoms with Crippen LogP contribution in [0.2, 0.25) is 0 Å². The molecule has 0 aromatic heterocycles. The van der Waals surface area contributed by atoms with Gasteiger partial charge >= 0.3 is 5.97 Å². The lowest BCUT2D eigenvalue weighted by atomic mass is 10.1. The summed E-state index contributed by atoms with van der Waals surface area (Å²) in [5, 5.41) is 16.6. The summed E-state index contributed by atoms with van der Waals surface area (Å²) in [5.74, 6) is -0.963. The second-order valence-corrected chi connectivity index (χ2v) is 6.55. The molecule has 28 heavy (non-hydrogen) atoms. The van der Waals surface area contributed by atoms with Gasteiger partial charge in [0.05, 0.1) is 18.2 Å². The predicted octanol–water partition coefficient (Wildman–Crippen LogP) is 3.98. The molecule has 3 aromatic carbocycles. The number of carboxylic acid groups (broad SMARTS) is 1. The molecule has 0 saturated heterocycles. The Balaban J connectivity index is 1.78. The molecule has 0 fully saturated rings. The number of thiocarbonyl (C=S) groups is 1. The molecule has 3 N–H and O–H groups in total. The van der Waals surface area contributed by atoms with E-state index in [1.165, 1.54) is 19.2 Å². The molecule has 3 aromatic rings. The first-order valence-electron chi connectivity index (χ1n) is 8.42. The zero-order chi connectivity index (χ0) is 20.3. The van der Waals surface area contributed by atoms with E-state index in [1.807, 2.05) is 24.3 Å². The number of anilines is 1. The molecular formula is C21H18N2O4S. The first-order chi connectivity index (χ1) is 13.4. The fraction of sp³-hybridized carbons (Fsp3) is 0.0952. The van der Waals surface area contributed by atoms with Crippen molar-refractivity contribution in [2.24, 2.45) is 0 Å². The molecule has 0 aliphatic heterocycles. The molecule has 0 heterocycles. The normalized spacial score (nSPS) is 10.4.